The summed E-state index contributed by atoms with van der Waals surface area (Å²) in [4.78, 5) is 13.5. The zero-order valence-corrected chi connectivity index (χ0v) is 15.0. The van der Waals surface area contributed by atoms with Gasteiger partial charge in [0.2, 0.25) is 0 Å². The molecule has 3 rings (SSSR count). The number of methoxy groups -OCH3 is 1. The summed E-state index contributed by atoms with van der Waals surface area (Å²) in [5.41, 5.74) is 3.07. The Morgan fingerprint density at radius 1 is 1.16 bits per heavy atom. The number of ether oxygens (including phenoxy) is 1. The predicted molar refractivity (Wildman–Crippen MR) is 95.7 cm³/mol. The van der Waals surface area contributed by atoms with Gasteiger partial charge in [-0.15, -0.1) is 4.40 Å². The fourth-order valence-corrected chi connectivity index (χ4v) is 3.77. The van der Waals surface area contributed by atoms with Gasteiger partial charge in [0.1, 0.15) is 5.84 Å². The number of carbonyl (C=O) groups is 1. The molecule has 1 aliphatic rings. The molecule has 0 atom stereocenters. The molecule has 2 aromatic carbocycles. The van der Waals surface area contributed by atoms with Gasteiger partial charge in [0.05, 0.1) is 17.6 Å². The van der Waals surface area contributed by atoms with E-state index in [-0.39, 0.29) is 4.90 Å². The number of anilines is 1. The summed E-state index contributed by atoms with van der Waals surface area (Å²) in [6.45, 7) is 1.89. The minimum Gasteiger partial charge on any atom is -0.465 e. The summed E-state index contributed by atoms with van der Waals surface area (Å²) >= 11 is 0. The molecule has 0 aromatic heterocycles. The van der Waals surface area contributed by atoms with Crippen molar-refractivity contribution in [3.8, 4) is 0 Å². The molecule has 6 nitrogen and oxygen atoms in total. The van der Waals surface area contributed by atoms with Gasteiger partial charge in [-0.2, -0.15) is 8.42 Å². The molecule has 0 saturated heterocycles. The summed E-state index contributed by atoms with van der Waals surface area (Å²) in [6, 6.07) is 11.7. The lowest BCUT2D eigenvalue weighted by Gasteiger charge is -2.13. The maximum Gasteiger partial charge on any atom is 0.337 e. The molecule has 0 bridgehead atoms. The Morgan fingerprint density at radius 3 is 2.48 bits per heavy atom. The van der Waals surface area contributed by atoms with Crippen molar-refractivity contribution in [1.29, 1.82) is 0 Å². The lowest BCUT2D eigenvalue weighted by atomic mass is 10.1. The molecule has 0 N–H and O–H groups in total. The van der Waals surface area contributed by atoms with E-state index in [0.717, 1.165) is 16.8 Å². The summed E-state index contributed by atoms with van der Waals surface area (Å²) in [6.07, 6.45) is 0.335. The molecule has 2 aromatic rings. The molecule has 0 aliphatic carbocycles. The first-order chi connectivity index (χ1) is 11.8. The lowest BCUT2D eigenvalue weighted by Crippen LogP contribution is -2.23. The molecule has 25 heavy (non-hydrogen) atoms. The van der Waals surface area contributed by atoms with Gasteiger partial charge in [0.25, 0.3) is 10.0 Å². The molecular weight excluding hydrogens is 340 g/mol. The first-order valence-electron chi connectivity index (χ1n) is 7.67. The van der Waals surface area contributed by atoms with Crippen LogP contribution in [0.5, 0.6) is 0 Å². The monoisotopic (exact) mass is 358 g/mol. The fraction of sp³-hybridized carbons (Fsp3) is 0.222. The molecule has 0 unspecified atom stereocenters. The van der Waals surface area contributed by atoms with Crippen LogP contribution in [0.1, 0.15) is 21.5 Å². The number of rotatable bonds is 3. The van der Waals surface area contributed by atoms with Gasteiger partial charge in [0, 0.05) is 19.2 Å². The topological polar surface area (TPSA) is 76.0 Å². The minimum absolute atomic E-state index is 0.158. The average Bonchev–Trinajstić information content (AvgIpc) is 2.89. The largest absolute Gasteiger partial charge is 0.465 e. The highest BCUT2D eigenvalue weighted by atomic mass is 32.2. The van der Waals surface area contributed by atoms with E-state index in [1.54, 1.807) is 54.4 Å². The van der Waals surface area contributed by atoms with E-state index in [4.69, 9.17) is 4.74 Å². The molecular formula is C18H18N2O4S. The second kappa shape index (κ2) is 6.33. The van der Waals surface area contributed by atoms with Crippen LogP contribution >= 0.6 is 0 Å². The van der Waals surface area contributed by atoms with Crippen LogP contribution in [-0.4, -0.2) is 34.4 Å². The van der Waals surface area contributed by atoms with Crippen LogP contribution in [0.4, 0.5) is 5.69 Å². The van der Waals surface area contributed by atoms with Crippen molar-refractivity contribution < 1.29 is 17.9 Å². The van der Waals surface area contributed by atoms with Crippen molar-refractivity contribution in [3.05, 3.63) is 59.2 Å². The maximum absolute atomic E-state index is 12.5. The van der Waals surface area contributed by atoms with Crippen molar-refractivity contribution in [3.63, 3.8) is 0 Å². The van der Waals surface area contributed by atoms with Crippen LogP contribution in [0.2, 0.25) is 0 Å². The Bertz CT molecular complexity index is 963. The van der Waals surface area contributed by atoms with Crippen LogP contribution in [0.15, 0.2) is 51.8 Å². The van der Waals surface area contributed by atoms with E-state index in [2.05, 4.69) is 4.40 Å². The molecule has 0 fully saturated rings. The van der Waals surface area contributed by atoms with Gasteiger partial charge < -0.3 is 9.64 Å². The van der Waals surface area contributed by atoms with E-state index < -0.39 is 16.0 Å². The molecule has 7 heteroatoms. The van der Waals surface area contributed by atoms with Gasteiger partial charge in [-0.3, -0.25) is 0 Å². The van der Waals surface area contributed by atoms with E-state index >= 15 is 0 Å². The van der Waals surface area contributed by atoms with Crippen molar-refractivity contribution in [1.82, 2.24) is 0 Å². The van der Waals surface area contributed by atoms with Gasteiger partial charge in [-0.25, -0.2) is 4.79 Å². The fourth-order valence-electron chi connectivity index (χ4n) is 2.72. The zero-order valence-electron chi connectivity index (χ0n) is 14.2. The van der Waals surface area contributed by atoms with Gasteiger partial charge in [0.15, 0.2) is 0 Å². The number of hydrogen-bond acceptors (Lipinski definition) is 4. The number of carbonyl (C=O) groups excluding carboxylic acids is 1. The molecule has 1 aliphatic heterocycles. The molecule has 0 spiro atoms. The number of fused-ring (bicyclic) bond motifs is 1. The van der Waals surface area contributed by atoms with E-state index in [1.807, 2.05) is 6.92 Å². The molecule has 1 heterocycles. The smallest absolute Gasteiger partial charge is 0.337 e. The number of nitrogens with zero attached hydrogens (tertiary/aromatic N) is 2. The molecule has 0 radical (unpaired) electrons. The maximum atomic E-state index is 12.5. The first kappa shape index (κ1) is 17.2. The Kier molecular flexibility index (Phi) is 4.34. The number of aryl methyl sites for hydroxylation is 1. The summed E-state index contributed by atoms with van der Waals surface area (Å²) in [7, 11) is -0.708. The average molecular weight is 358 g/mol. The quantitative estimate of drug-likeness (QED) is 0.788. The van der Waals surface area contributed by atoms with Crippen LogP contribution in [0.3, 0.4) is 0 Å². The number of benzene rings is 2. The van der Waals surface area contributed by atoms with E-state index in [1.165, 1.54) is 7.11 Å². The SMILES string of the molecule is COC(=O)c1ccc2c(c1)C/C(=N\S(=O)(=O)c1ccc(C)cc1)N2C. The normalized spacial score (nSPS) is 15.3. The Labute approximate surface area is 146 Å². The number of likely N-dealkylation sites (N-methyl/N-ethyl adjacent to an activating group) is 1. The third-order valence-corrected chi connectivity index (χ3v) is 5.46. The highest BCUT2D eigenvalue weighted by molar-refractivity contribution is 7.90. The van der Waals surface area contributed by atoms with Gasteiger partial charge in [-0.1, -0.05) is 17.7 Å². The predicted octanol–water partition coefficient (Wildman–Crippen LogP) is 2.56. The first-order valence-corrected chi connectivity index (χ1v) is 9.11. The molecule has 0 amide bonds. The van der Waals surface area contributed by atoms with Crippen LogP contribution in [0, 0.1) is 6.92 Å². The number of sulfonamides is 1. The zero-order chi connectivity index (χ0) is 18.2. The number of hydrogen-bond donors (Lipinski definition) is 0. The second-order valence-electron chi connectivity index (χ2n) is 5.87. The van der Waals surface area contributed by atoms with Crippen molar-refractivity contribution in [2.45, 2.75) is 18.2 Å². The van der Waals surface area contributed by atoms with Crippen LogP contribution in [0.25, 0.3) is 0 Å². The Hall–Kier alpha value is -2.67. The number of amidine groups is 1. The third-order valence-electron chi connectivity index (χ3n) is 4.14. The van der Waals surface area contributed by atoms with Crippen molar-refractivity contribution in [2.75, 3.05) is 19.1 Å². The third kappa shape index (κ3) is 3.28. The van der Waals surface area contributed by atoms with Crippen LogP contribution < -0.4 is 4.90 Å². The van der Waals surface area contributed by atoms with Gasteiger partial charge in [-0.05, 0) is 42.8 Å². The summed E-state index contributed by atoms with van der Waals surface area (Å²) < 4.78 is 33.8. The Balaban J connectivity index is 1.95. The lowest BCUT2D eigenvalue weighted by molar-refractivity contribution is 0.0600. The Morgan fingerprint density at radius 2 is 1.84 bits per heavy atom. The highest BCUT2D eigenvalue weighted by Crippen LogP contribution is 2.30. The van der Waals surface area contributed by atoms with E-state index in [9.17, 15) is 13.2 Å². The minimum atomic E-state index is -3.79. The van der Waals surface area contributed by atoms with Crippen molar-refractivity contribution in [2.24, 2.45) is 4.40 Å². The molecule has 0 saturated carbocycles. The summed E-state index contributed by atoms with van der Waals surface area (Å²) in [5, 5.41) is 0. The second-order valence-corrected chi connectivity index (χ2v) is 7.47. The van der Waals surface area contributed by atoms with Gasteiger partial charge >= 0.3 is 5.97 Å². The van der Waals surface area contributed by atoms with Crippen molar-refractivity contribution >= 4 is 27.5 Å². The highest BCUT2D eigenvalue weighted by Gasteiger charge is 2.26. The van der Waals surface area contributed by atoms with Crippen LogP contribution in [-0.2, 0) is 21.2 Å². The summed E-state index contributed by atoms with van der Waals surface area (Å²) in [5.74, 6) is -0.0132. The standard InChI is InChI=1S/C18H18N2O4S/c1-12-4-7-15(8-5-12)25(22,23)19-17-11-14-10-13(18(21)24-3)6-9-16(14)20(17)2/h4-10H,11H2,1-3H3/b19-17+. The molecule has 130 valence electrons. The number of esters is 1. The van der Waals surface area contributed by atoms with E-state index in [0.29, 0.717) is 17.8 Å².